The first kappa shape index (κ1) is 13.3. The summed E-state index contributed by atoms with van der Waals surface area (Å²) in [6.45, 7) is 4.45. The van der Waals surface area contributed by atoms with Gasteiger partial charge in [-0.05, 0) is 6.07 Å². The smallest absolute Gasteiger partial charge is 0.339 e. The molecule has 1 aromatic rings. The number of hydrogen-bond acceptors (Lipinski definition) is 5. The highest BCUT2D eigenvalue weighted by Crippen LogP contribution is 2.17. The summed E-state index contributed by atoms with van der Waals surface area (Å²) in [6, 6.07) is 1.77. The summed E-state index contributed by atoms with van der Waals surface area (Å²) in [5.41, 5.74) is 1.32. The first-order valence-corrected chi connectivity index (χ1v) is 6.15. The molecule has 1 aromatic heterocycles. The molecular weight excluding hydrogens is 246 g/mol. The number of piperazine rings is 1. The fraction of sp³-hybridized carbons (Fsp3) is 0.462. The van der Waals surface area contributed by atoms with E-state index in [4.69, 9.17) is 0 Å². The van der Waals surface area contributed by atoms with Crippen molar-refractivity contribution in [1.29, 1.82) is 0 Å². The zero-order chi connectivity index (χ0) is 13.8. The van der Waals surface area contributed by atoms with Gasteiger partial charge >= 0.3 is 5.97 Å². The summed E-state index contributed by atoms with van der Waals surface area (Å²) in [5, 5.41) is 0. The average Bonchev–Trinajstić information content (AvgIpc) is 2.46. The van der Waals surface area contributed by atoms with Crippen LogP contribution in [0.2, 0.25) is 0 Å². The Hall–Kier alpha value is -2.11. The molecule has 0 N–H and O–H groups in total. The van der Waals surface area contributed by atoms with E-state index in [0.717, 1.165) is 18.8 Å². The Labute approximate surface area is 112 Å². The normalized spacial score (nSPS) is 15.3. The predicted octanol–water partition coefficient (Wildman–Crippen LogP) is 0.537. The summed E-state index contributed by atoms with van der Waals surface area (Å²) in [4.78, 5) is 30.7. The van der Waals surface area contributed by atoms with Crippen molar-refractivity contribution in [2.45, 2.75) is 6.92 Å². The number of aromatic nitrogens is 1. The summed E-state index contributed by atoms with van der Waals surface area (Å²) in [7, 11) is 1.35. The van der Waals surface area contributed by atoms with Gasteiger partial charge in [0.1, 0.15) is 0 Å². The van der Waals surface area contributed by atoms with Crippen LogP contribution in [0.4, 0.5) is 5.69 Å². The van der Waals surface area contributed by atoms with Crippen LogP contribution in [0.15, 0.2) is 18.5 Å². The first-order chi connectivity index (χ1) is 9.11. The van der Waals surface area contributed by atoms with Gasteiger partial charge in [-0.25, -0.2) is 4.79 Å². The van der Waals surface area contributed by atoms with Crippen LogP contribution >= 0.6 is 0 Å². The lowest BCUT2D eigenvalue weighted by Crippen LogP contribution is -2.48. The topological polar surface area (TPSA) is 62.7 Å². The van der Waals surface area contributed by atoms with Crippen LogP contribution in [0, 0.1) is 0 Å². The van der Waals surface area contributed by atoms with Crippen LogP contribution in [0.25, 0.3) is 0 Å². The molecule has 0 unspecified atom stereocenters. The van der Waals surface area contributed by atoms with Crippen LogP contribution in [-0.2, 0) is 9.53 Å². The molecule has 102 valence electrons. The van der Waals surface area contributed by atoms with Crippen molar-refractivity contribution in [1.82, 2.24) is 9.88 Å². The Morgan fingerprint density at radius 1 is 1.21 bits per heavy atom. The third kappa shape index (κ3) is 3.01. The van der Waals surface area contributed by atoms with Gasteiger partial charge in [0.25, 0.3) is 0 Å². The van der Waals surface area contributed by atoms with E-state index < -0.39 is 5.97 Å². The maximum atomic E-state index is 11.5. The number of esters is 1. The van der Waals surface area contributed by atoms with Gasteiger partial charge in [0.05, 0.1) is 24.6 Å². The molecule has 0 aliphatic carbocycles. The largest absolute Gasteiger partial charge is 0.465 e. The fourth-order valence-corrected chi connectivity index (χ4v) is 2.11. The zero-order valence-electron chi connectivity index (χ0n) is 11.1. The van der Waals surface area contributed by atoms with Crippen LogP contribution in [0.1, 0.15) is 17.3 Å². The second-order valence-corrected chi connectivity index (χ2v) is 4.42. The molecule has 0 bridgehead atoms. The van der Waals surface area contributed by atoms with Gasteiger partial charge in [0.15, 0.2) is 0 Å². The van der Waals surface area contributed by atoms with Gasteiger partial charge in [0.2, 0.25) is 5.91 Å². The number of amides is 1. The highest BCUT2D eigenvalue weighted by molar-refractivity contribution is 5.90. The highest BCUT2D eigenvalue weighted by atomic mass is 16.5. The quantitative estimate of drug-likeness (QED) is 0.729. The molecule has 19 heavy (non-hydrogen) atoms. The fourth-order valence-electron chi connectivity index (χ4n) is 2.11. The molecule has 0 atom stereocenters. The number of methoxy groups -OCH3 is 1. The van der Waals surface area contributed by atoms with E-state index >= 15 is 0 Å². The Kier molecular flexibility index (Phi) is 3.99. The van der Waals surface area contributed by atoms with Crippen LogP contribution in [0.3, 0.4) is 0 Å². The molecule has 2 rings (SSSR count). The van der Waals surface area contributed by atoms with Crippen LogP contribution in [0.5, 0.6) is 0 Å². The van der Waals surface area contributed by atoms with Crippen molar-refractivity contribution in [3.05, 3.63) is 24.0 Å². The molecule has 6 nitrogen and oxygen atoms in total. The molecule has 6 heteroatoms. The van der Waals surface area contributed by atoms with Gasteiger partial charge in [-0.2, -0.15) is 0 Å². The predicted molar refractivity (Wildman–Crippen MR) is 70.0 cm³/mol. The van der Waals surface area contributed by atoms with Crippen molar-refractivity contribution < 1.29 is 14.3 Å². The van der Waals surface area contributed by atoms with Gasteiger partial charge in [0, 0.05) is 39.3 Å². The van der Waals surface area contributed by atoms with Gasteiger partial charge in [-0.3, -0.25) is 9.78 Å². The Bertz CT molecular complexity index is 482. The average molecular weight is 263 g/mol. The zero-order valence-corrected chi connectivity index (χ0v) is 11.1. The number of nitrogens with zero attached hydrogens (tertiary/aromatic N) is 3. The van der Waals surface area contributed by atoms with Gasteiger partial charge in [-0.15, -0.1) is 0 Å². The SMILES string of the molecule is COC(=O)c1cncc(N2CCN(C(C)=O)CC2)c1. The Morgan fingerprint density at radius 2 is 1.89 bits per heavy atom. The van der Waals surface area contributed by atoms with E-state index in [9.17, 15) is 9.59 Å². The molecule has 1 amide bonds. The third-order valence-corrected chi connectivity index (χ3v) is 3.24. The van der Waals surface area contributed by atoms with Crippen molar-refractivity contribution >= 4 is 17.6 Å². The lowest BCUT2D eigenvalue weighted by Gasteiger charge is -2.35. The van der Waals surface area contributed by atoms with Crippen LogP contribution in [-0.4, -0.2) is 55.0 Å². The van der Waals surface area contributed by atoms with Gasteiger partial charge < -0.3 is 14.5 Å². The Balaban J connectivity index is 2.07. The molecule has 1 fully saturated rings. The minimum atomic E-state index is -0.392. The van der Waals surface area contributed by atoms with E-state index in [0.29, 0.717) is 18.7 Å². The number of rotatable bonds is 2. The van der Waals surface area contributed by atoms with E-state index in [1.807, 2.05) is 4.90 Å². The van der Waals surface area contributed by atoms with Crippen molar-refractivity contribution in [3.8, 4) is 0 Å². The number of carbonyl (C=O) groups is 2. The van der Waals surface area contributed by atoms with Crippen molar-refractivity contribution in [2.24, 2.45) is 0 Å². The number of hydrogen-bond donors (Lipinski definition) is 0. The van der Waals surface area contributed by atoms with E-state index in [2.05, 4.69) is 14.6 Å². The summed E-state index contributed by atoms with van der Waals surface area (Å²) in [6.07, 6.45) is 3.21. The minimum absolute atomic E-state index is 0.0982. The van der Waals surface area contributed by atoms with Crippen LogP contribution < -0.4 is 4.90 Å². The number of ether oxygens (including phenoxy) is 1. The second-order valence-electron chi connectivity index (χ2n) is 4.42. The monoisotopic (exact) mass is 263 g/mol. The minimum Gasteiger partial charge on any atom is -0.465 e. The molecule has 1 aliphatic rings. The third-order valence-electron chi connectivity index (χ3n) is 3.24. The molecule has 0 spiro atoms. The molecule has 0 saturated carbocycles. The molecule has 0 aromatic carbocycles. The van der Waals surface area contributed by atoms with Crippen molar-refractivity contribution in [3.63, 3.8) is 0 Å². The first-order valence-electron chi connectivity index (χ1n) is 6.15. The standard InChI is InChI=1S/C13H17N3O3/c1-10(17)15-3-5-16(6-4-15)12-7-11(8-14-9-12)13(18)19-2/h7-9H,3-6H2,1-2H3. The lowest BCUT2D eigenvalue weighted by molar-refractivity contribution is -0.129. The number of carbonyl (C=O) groups excluding carboxylic acids is 2. The number of anilines is 1. The van der Waals surface area contributed by atoms with Crippen molar-refractivity contribution in [2.75, 3.05) is 38.2 Å². The lowest BCUT2D eigenvalue weighted by atomic mass is 10.2. The second kappa shape index (κ2) is 5.69. The maximum Gasteiger partial charge on any atom is 0.339 e. The van der Waals surface area contributed by atoms with Gasteiger partial charge in [-0.1, -0.05) is 0 Å². The molecule has 1 saturated heterocycles. The van der Waals surface area contributed by atoms with E-state index in [1.54, 1.807) is 19.2 Å². The molecule has 0 radical (unpaired) electrons. The number of pyridine rings is 1. The summed E-state index contributed by atoms with van der Waals surface area (Å²) < 4.78 is 4.68. The molecule has 1 aliphatic heterocycles. The summed E-state index contributed by atoms with van der Waals surface area (Å²) >= 11 is 0. The molecule has 2 heterocycles. The highest BCUT2D eigenvalue weighted by Gasteiger charge is 2.19. The van der Waals surface area contributed by atoms with E-state index in [-0.39, 0.29) is 5.91 Å². The Morgan fingerprint density at radius 3 is 2.47 bits per heavy atom. The maximum absolute atomic E-state index is 11.5. The molecular formula is C13H17N3O3. The summed E-state index contributed by atoms with van der Waals surface area (Å²) in [5.74, 6) is -0.294. The van der Waals surface area contributed by atoms with E-state index in [1.165, 1.54) is 13.3 Å².